The molecule has 1 saturated heterocycles. The molecule has 1 aromatic rings. The van der Waals surface area contributed by atoms with E-state index in [1.165, 1.54) is 7.05 Å². The van der Waals surface area contributed by atoms with Crippen LogP contribution in [-0.4, -0.2) is 52.6 Å². The number of carbonyl (C=O) groups excluding carboxylic acids is 2. The number of aryl methyl sites for hydroxylation is 1. The summed E-state index contributed by atoms with van der Waals surface area (Å²) in [6, 6.07) is 0. The first-order chi connectivity index (χ1) is 8.32. The number of imide groups is 1. The van der Waals surface area contributed by atoms with Gasteiger partial charge in [0.25, 0.3) is 10.0 Å². The highest BCUT2D eigenvalue weighted by Crippen LogP contribution is 2.22. The smallest absolute Gasteiger partial charge is 0.264 e. The van der Waals surface area contributed by atoms with Crippen LogP contribution in [0, 0.1) is 0 Å². The number of halogens is 1. The predicted molar refractivity (Wildman–Crippen MR) is 60.6 cm³/mol. The van der Waals surface area contributed by atoms with Crippen molar-refractivity contribution < 1.29 is 18.0 Å². The normalized spacial score (nSPS) is 17.9. The van der Waals surface area contributed by atoms with Crippen LogP contribution in [0.3, 0.4) is 0 Å². The van der Waals surface area contributed by atoms with Gasteiger partial charge in [-0.05, 0) is 15.9 Å². The molecule has 0 saturated carbocycles. The van der Waals surface area contributed by atoms with Crippen molar-refractivity contribution in [3.8, 4) is 0 Å². The molecule has 2 amide bonds. The molecular formula is C7H8BrN5O4S. The Morgan fingerprint density at radius 2 is 1.83 bits per heavy atom. The van der Waals surface area contributed by atoms with Crippen molar-refractivity contribution >= 4 is 37.8 Å². The lowest BCUT2D eigenvalue weighted by molar-refractivity contribution is -0.134. The number of hydrogen-bond donors (Lipinski definition) is 1. The van der Waals surface area contributed by atoms with Crippen molar-refractivity contribution in [3.05, 3.63) is 4.60 Å². The number of amides is 2. The second-order valence-electron chi connectivity index (χ2n) is 3.55. The Kier molecular flexibility index (Phi) is 3.21. The number of piperazine rings is 1. The summed E-state index contributed by atoms with van der Waals surface area (Å²) < 4.78 is 26.3. The van der Waals surface area contributed by atoms with Gasteiger partial charge in [-0.15, -0.1) is 5.10 Å². The van der Waals surface area contributed by atoms with Gasteiger partial charge < -0.3 is 0 Å². The maximum Gasteiger partial charge on any atom is 0.264 e. The number of rotatable bonds is 2. The van der Waals surface area contributed by atoms with Crippen molar-refractivity contribution in [2.45, 2.75) is 5.03 Å². The first kappa shape index (κ1) is 13.1. The minimum atomic E-state index is -4.00. The van der Waals surface area contributed by atoms with E-state index in [0.29, 0.717) is 0 Å². The molecule has 0 spiro atoms. The molecule has 1 fully saturated rings. The van der Waals surface area contributed by atoms with Crippen LogP contribution in [0.4, 0.5) is 0 Å². The third kappa shape index (κ3) is 2.15. The Morgan fingerprint density at radius 1 is 1.28 bits per heavy atom. The van der Waals surface area contributed by atoms with E-state index in [4.69, 9.17) is 0 Å². The van der Waals surface area contributed by atoms with E-state index in [1.54, 1.807) is 0 Å². The number of carbonyl (C=O) groups is 2. The Morgan fingerprint density at radius 3 is 2.28 bits per heavy atom. The van der Waals surface area contributed by atoms with Crippen molar-refractivity contribution in [3.63, 3.8) is 0 Å². The van der Waals surface area contributed by atoms with Crippen LogP contribution in [0.5, 0.6) is 0 Å². The molecule has 0 aliphatic carbocycles. The van der Waals surface area contributed by atoms with Crippen molar-refractivity contribution in [1.82, 2.24) is 24.6 Å². The molecule has 2 heterocycles. The number of hydrogen-bond acceptors (Lipinski definition) is 6. The van der Waals surface area contributed by atoms with E-state index in [1.807, 2.05) is 5.32 Å². The second-order valence-corrected chi connectivity index (χ2v) is 6.16. The van der Waals surface area contributed by atoms with E-state index in [0.717, 1.165) is 8.99 Å². The Balaban J connectivity index is 2.43. The number of sulfonamides is 1. The maximum atomic E-state index is 12.2. The zero-order chi connectivity index (χ0) is 13.5. The van der Waals surface area contributed by atoms with Crippen LogP contribution in [0.1, 0.15) is 0 Å². The van der Waals surface area contributed by atoms with Crippen LogP contribution >= 0.6 is 15.9 Å². The standard InChI is InChI=1S/C7H8BrN5O4S/c1-12-7(6(8)10-11-12)18(16,17)13-2-4(14)9-5(15)3-13/h2-3H2,1H3,(H,9,14,15). The Labute approximate surface area is 110 Å². The summed E-state index contributed by atoms with van der Waals surface area (Å²) in [6.07, 6.45) is 0. The van der Waals surface area contributed by atoms with Gasteiger partial charge in [0.2, 0.25) is 16.8 Å². The first-order valence-electron chi connectivity index (χ1n) is 4.70. The molecule has 98 valence electrons. The van der Waals surface area contributed by atoms with Gasteiger partial charge in [0.05, 0.1) is 13.1 Å². The highest BCUT2D eigenvalue weighted by molar-refractivity contribution is 9.10. The van der Waals surface area contributed by atoms with Gasteiger partial charge in [0, 0.05) is 7.05 Å². The number of aromatic nitrogens is 3. The molecule has 0 bridgehead atoms. The predicted octanol–water partition coefficient (Wildman–Crippen LogP) is -1.78. The molecule has 11 heteroatoms. The second kappa shape index (κ2) is 4.40. The van der Waals surface area contributed by atoms with E-state index in [2.05, 4.69) is 26.2 Å². The average Bonchev–Trinajstić information content (AvgIpc) is 2.57. The molecule has 18 heavy (non-hydrogen) atoms. The van der Waals surface area contributed by atoms with Crippen LogP contribution in [0.15, 0.2) is 9.63 Å². The topological polar surface area (TPSA) is 114 Å². The Bertz CT molecular complexity index is 588. The molecule has 0 unspecified atom stereocenters. The summed E-state index contributed by atoms with van der Waals surface area (Å²) in [5.74, 6) is -1.33. The fraction of sp³-hybridized carbons (Fsp3) is 0.429. The van der Waals surface area contributed by atoms with Crippen LogP contribution in [0.25, 0.3) is 0 Å². The summed E-state index contributed by atoms with van der Waals surface area (Å²) in [4.78, 5) is 22.4. The molecule has 1 aromatic heterocycles. The monoisotopic (exact) mass is 337 g/mol. The molecule has 9 nitrogen and oxygen atoms in total. The minimum Gasteiger partial charge on any atom is -0.294 e. The molecule has 1 N–H and O–H groups in total. The van der Waals surface area contributed by atoms with Crippen LogP contribution in [-0.2, 0) is 26.7 Å². The fourth-order valence-corrected chi connectivity index (χ4v) is 3.88. The summed E-state index contributed by atoms with van der Waals surface area (Å²) in [6.45, 7) is -0.822. The number of nitrogens with zero attached hydrogens (tertiary/aromatic N) is 4. The quantitative estimate of drug-likeness (QED) is 0.638. The lowest BCUT2D eigenvalue weighted by atomic mass is 10.4. The minimum absolute atomic E-state index is 0.0310. The van der Waals surface area contributed by atoms with Crippen molar-refractivity contribution in [2.24, 2.45) is 7.05 Å². The van der Waals surface area contributed by atoms with Gasteiger partial charge in [0.15, 0.2) is 4.60 Å². The van der Waals surface area contributed by atoms with Crippen LogP contribution in [0.2, 0.25) is 0 Å². The zero-order valence-corrected chi connectivity index (χ0v) is 11.5. The van der Waals surface area contributed by atoms with Gasteiger partial charge in [-0.2, -0.15) is 4.31 Å². The summed E-state index contributed by atoms with van der Waals surface area (Å²) in [7, 11) is -2.60. The van der Waals surface area contributed by atoms with Crippen molar-refractivity contribution in [2.75, 3.05) is 13.1 Å². The summed E-state index contributed by atoms with van der Waals surface area (Å²) in [5, 5.41) is 8.92. The van der Waals surface area contributed by atoms with E-state index < -0.39 is 34.9 Å². The third-order valence-corrected chi connectivity index (χ3v) is 4.92. The van der Waals surface area contributed by atoms with Crippen molar-refractivity contribution in [1.29, 1.82) is 0 Å². The Hall–Kier alpha value is -1.33. The number of nitrogens with one attached hydrogen (secondary N) is 1. The first-order valence-corrected chi connectivity index (χ1v) is 6.93. The van der Waals surface area contributed by atoms with Crippen LogP contribution < -0.4 is 5.32 Å². The zero-order valence-electron chi connectivity index (χ0n) is 9.12. The molecule has 0 aromatic carbocycles. The highest BCUT2D eigenvalue weighted by atomic mass is 79.9. The van der Waals surface area contributed by atoms with E-state index in [9.17, 15) is 18.0 Å². The highest BCUT2D eigenvalue weighted by Gasteiger charge is 2.36. The summed E-state index contributed by atoms with van der Waals surface area (Å²) in [5.41, 5.74) is 0. The lowest BCUT2D eigenvalue weighted by Crippen LogP contribution is -2.53. The molecule has 0 radical (unpaired) electrons. The third-order valence-electron chi connectivity index (χ3n) is 2.24. The lowest BCUT2D eigenvalue weighted by Gasteiger charge is -2.24. The van der Waals surface area contributed by atoms with Gasteiger partial charge >= 0.3 is 0 Å². The van der Waals surface area contributed by atoms with Gasteiger partial charge in [0.1, 0.15) is 0 Å². The van der Waals surface area contributed by atoms with Gasteiger partial charge in [-0.1, -0.05) is 5.21 Å². The van der Waals surface area contributed by atoms with E-state index >= 15 is 0 Å². The average molecular weight is 338 g/mol. The maximum absolute atomic E-state index is 12.2. The molecular weight excluding hydrogens is 330 g/mol. The molecule has 1 aliphatic heterocycles. The van der Waals surface area contributed by atoms with Gasteiger partial charge in [-0.3, -0.25) is 14.9 Å². The molecule has 1 aliphatic rings. The van der Waals surface area contributed by atoms with E-state index in [-0.39, 0.29) is 9.63 Å². The largest absolute Gasteiger partial charge is 0.294 e. The molecule has 0 atom stereocenters. The fourth-order valence-electron chi connectivity index (χ4n) is 1.50. The SMILES string of the molecule is Cn1nnc(Br)c1S(=O)(=O)N1CC(=O)NC(=O)C1. The molecule has 2 rings (SSSR count). The van der Waals surface area contributed by atoms with Gasteiger partial charge in [-0.25, -0.2) is 13.1 Å². The summed E-state index contributed by atoms with van der Waals surface area (Å²) >= 11 is 2.96.